The summed E-state index contributed by atoms with van der Waals surface area (Å²) in [6.45, 7) is 0.825. The van der Waals surface area contributed by atoms with Crippen LogP contribution in [0.25, 0.3) is 6.08 Å². The van der Waals surface area contributed by atoms with Crippen molar-refractivity contribution in [1.29, 1.82) is 0 Å². The van der Waals surface area contributed by atoms with Crippen LogP contribution in [0.15, 0.2) is 132 Å². The molecule has 0 aliphatic carbocycles. The van der Waals surface area contributed by atoms with Crippen LogP contribution >= 0.6 is 11.3 Å². The number of benzene rings is 3. The van der Waals surface area contributed by atoms with E-state index in [0.29, 0.717) is 42.2 Å². The van der Waals surface area contributed by atoms with Gasteiger partial charge < -0.3 is 64.9 Å². The number of piperidine rings is 1. The van der Waals surface area contributed by atoms with Gasteiger partial charge in [-0.2, -0.15) is 0 Å². The molecule has 22 heteroatoms. The highest BCUT2D eigenvalue weighted by Crippen LogP contribution is 2.34. The molecule has 3 aliphatic rings. The topological polar surface area (TPSA) is 238 Å². The van der Waals surface area contributed by atoms with Crippen LogP contribution < -0.4 is 42.4 Å². The number of nitrogens with two attached hydrogens (primary N) is 1. The number of hydrogen-bond donors (Lipinski definition) is 7. The fourth-order valence-corrected chi connectivity index (χ4v) is 11.2. The first-order valence-electron chi connectivity index (χ1n) is 28.4. The fourth-order valence-electron chi connectivity index (χ4n) is 10.4. The number of nitrogens with one attached hydrogen (secondary N) is 6. The lowest BCUT2D eigenvalue weighted by Gasteiger charge is -2.32. The maximum Gasteiger partial charge on any atom is 0.737 e. The zero-order chi connectivity index (χ0) is 58.9. The predicted molar refractivity (Wildman–Crippen MR) is 315 cm³/mol. The van der Waals surface area contributed by atoms with Gasteiger partial charge in [0.05, 0.1) is 4.88 Å². The second-order valence-corrected chi connectivity index (χ2v) is 22.1. The average Bonchev–Trinajstić information content (AvgIpc) is 2.42. The highest BCUT2D eigenvalue weighted by molar-refractivity contribution is 7.12. The Morgan fingerprint density at radius 3 is 2.10 bits per heavy atom. The number of aromatic nitrogens is 1. The molecule has 0 saturated carbocycles. The monoisotopic (exact) mass is 1150 g/mol. The number of carbonyl (C=O) groups excluding carboxylic acids is 7. The van der Waals surface area contributed by atoms with Crippen LogP contribution in [-0.2, 0) is 52.8 Å². The van der Waals surface area contributed by atoms with Crippen LogP contribution in [0.5, 0.6) is 5.75 Å². The second kappa shape index (κ2) is 29.1. The van der Waals surface area contributed by atoms with Crippen molar-refractivity contribution in [2.75, 3.05) is 32.7 Å². The summed E-state index contributed by atoms with van der Waals surface area (Å²) >= 11 is 1.38. The maximum absolute atomic E-state index is 16.1. The molecule has 83 heavy (non-hydrogen) atoms. The number of aryl methyl sites for hydroxylation is 1. The third-order valence-electron chi connectivity index (χ3n) is 15.0. The Hall–Kier alpha value is -8.24. The van der Waals surface area contributed by atoms with Crippen molar-refractivity contribution in [2.45, 2.75) is 115 Å². The number of hydrogen-bond acceptors (Lipinski definition) is 10. The highest BCUT2D eigenvalue weighted by atomic mass is 32.1. The smallest absolute Gasteiger partial charge is 0.490 e. The number of likely N-dealkylation sites (tertiary alicyclic amines) is 1. The number of para-hydroxylation sites is 1. The Bertz CT molecular complexity index is 3180. The Morgan fingerprint density at radius 1 is 0.699 bits per heavy atom. The highest BCUT2D eigenvalue weighted by Gasteiger charge is 2.52. The molecule has 4 atom stereocenters. The van der Waals surface area contributed by atoms with Crippen molar-refractivity contribution >= 4 is 71.4 Å². The molecule has 0 unspecified atom stereocenters. The van der Waals surface area contributed by atoms with E-state index in [1.807, 2.05) is 78.2 Å². The normalized spacial score (nSPS) is 16.0. The van der Waals surface area contributed by atoms with E-state index < -0.39 is 60.7 Å². The molecule has 5 heterocycles. The van der Waals surface area contributed by atoms with E-state index in [0.717, 1.165) is 63.1 Å². The van der Waals surface area contributed by atoms with Crippen molar-refractivity contribution in [3.63, 3.8) is 0 Å². The average molecular weight is 1160 g/mol. The van der Waals surface area contributed by atoms with Gasteiger partial charge in [-0.25, -0.2) is 0 Å². The van der Waals surface area contributed by atoms with Gasteiger partial charge in [-0.15, -0.1) is 11.3 Å². The maximum atomic E-state index is 16.1. The minimum Gasteiger partial charge on any atom is -0.490 e. The Balaban J connectivity index is 0.700. The van der Waals surface area contributed by atoms with Crippen LogP contribution in [0, 0.1) is 0 Å². The van der Waals surface area contributed by atoms with Crippen molar-refractivity contribution in [2.24, 2.45) is 5.73 Å². The quantitative estimate of drug-likeness (QED) is 0.0247. The summed E-state index contributed by atoms with van der Waals surface area (Å²) < 4.78 is 40.9. The number of unbranched alkanes of at least 4 members (excludes halogenated alkanes) is 1. The van der Waals surface area contributed by atoms with Gasteiger partial charge in [0.2, 0.25) is 41.4 Å². The van der Waals surface area contributed by atoms with E-state index in [1.165, 1.54) is 30.7 Å². The number of carbonyl (C=O) groups is 7. The zero-order valence-corrected chi connectivity index (χ0v) is 47.6. The van der Waals surface area contributed by atoms with E-state index in [4.69, 9.17) is 10.5 Å². The van der Waals surface area contributed by atoms with Gasteiger partial charge in [0.15, 0.2) is 11.4 Å². The molecule has 3 aliphatic heterocycles. The number of ether oxygens (including phenoxy) is 1. The molecular weight excluding hydrogens is 1080 g/mol. The summed E-state index contributed by atoms with van der Waals surface area (Å²) in [7, 11) is 0. The van der Waals surface area contributed by atoms with Crippen LogP contribution in [0.4, 0.5) is 8.63 Å². The summed E-state index contributed by atoms with van der Waals surface area (Å²) in [5.74, 6) is -2.89. The van der Waals surface area contributed by atoms with Gasteiger partial charge in [-0.05, 0) is 104 Å². The summed E-state index contributed by atoms with van der Waals surface area (Å²) in [6, 6.07) is 30.3. The molecular formula is C61H73BF2N10O8S. The minimum absolute atomic E-state index is 0.0181. The van der Waals surface area contributed by atoms with Crippen LogP contribution in [0.3, 0.4) is 0 Å². The summed E-state index contributed by atoms with van der Waals surface area (Å²) in [4.78, 5) is 94.1. The molecule has 18 nitrogen and oxygen atoms in total. The number of primary amides is 1. The number of nitrogens with zero attached hydrogens (tertiary/aromatic N) is 3. The van der Waals surface area contributed by atoms with Crippen molar-refractivity contribution in [3.8, 4) is 5.75 Å². The molecule has 1 fully saturated rings. The van der Waals surface area contributed by atoms with Gasteiger partial charge >= 0.3 is 6.97 Å². The molecule has 5 aromatic rings. The molecule has 8 rings (SSSR count). The van der Waals surface area contributed by atoms with Gasteiger partial charge in [0, 0.05) is 88.7 Å². The van der Waals surface area contributed by atoms with Gasteiger partial charge in [-0.1, -0.05) is 84.9 Å². The lowest BCUT2D eigenvalue weighted by Crippen LogP contribution is -2.56. The van der Waals surface area contributed by atoms with Crippen LogP contribution in [-0.4, -0.2) is 131 Å². The van der Waals surface area contributed by atoms with E-state index in [1.54, 1.807) is 36.4 Å². The Labute approximate surface area is 486 Å². The molecule has 0 bridgehead atoms. The molecule has 8 N–H and O–H groups in total. The first-order valence-corrected chi connectivity index (χ1v) is 29.3. The minimum atomic E-state index is -4.22. The third-order valence-corrected chi connectivity index (χ3v) is 15.9. The first-order chi connectivity index (χ1) is 40.0. The number of rotatable bonds is 29. The van der Waals surface area contributed by atoms with E-state index in [-0.39, 0.29) is 69.5 Å². The van der Waals surface area contributed by atoms with Gasteiger partial charge in [0.25, 0.3) is 0 Å². The molecule has 0 spiro atoms. The lowest BCUT2D eigenvalue weighted by atomic mass is 9.90. The summed E-state index contributed by atoms with van der Waals surface area (Å²) in [5, 5.41) is 17.9. The molecule has 438 valence electrons. The molecule has 2 aromatic heterocycles. The van der Waals surface area contributed by atoms with Crippen molar-refractivity contribution in [1.82, 2.24) is 41.3 Å². The fraction of sp³-hybridized carbons (Fsp3) is 0.377. The summed E-state index contributed by atoms with van der Waals surface area (Å²) in [6.07, 6.45) is 8.78. The largest absolute Gasteiger partial charge is 0.737 e. The number of allylic oxidation sites excluding steroid dienone is 2. The van der Waals surface area contributed by atoms with Crippen LogP contribution in [0.2, 0.25) is 0 Å². The predicted octanol–water partition coefficient (Wildman–Crippen LogP) is 5.16. The molecule has 0 radical (unpaired) electrons. The zero-order valence-electron chi connectivity index (χ0n) is 46.8. The second-order valence-electron chi connectivity index (χ2n) is 21.2. The van der Waals surface area contributed by atoms with Crippen molar-refractivity contribution in [3.05, 3.63) is 165 Å². The lowest BCUT2D eigenvalue weighted by molar-refractivity contribution is -0.360. The number of halogens is 2. The Kier molecular flexibility index (Phi) is 21.4. The van der Waals surface area contributed by atoms with E-state index in [2.05, 4.69) is 55.0 Å². The third kappa shape index (κ3) is 16.9. The molecule has 1 saturated heterocycles. The van der Waals surface area contributed by atoms with Gasteiger partial charge in [-0.3, -0.25) is 33.6 Å². The summed E-state index contributed by atoms with van der Waals surface area (Å²) in [5.41, 5.74) is 10.3. The SMILES string of the molecule is C[C@H](NC(=O)[C@H](C)NC(=O)[C@H](Cc1ccccc1)NC(=O)CCN1CCC(Oc2ccccc2Cc2ccccc2)CC1)C(=O)NCCC(=O)N[C@@H](CCCCNC(=O)CCc1ccc2n1[B-](F)(F)[N+]1=C(c3cccs3)C=CC1=C2)C(N)=O. The van der Waals surface area contributed by atoms with Gasteiger partial charge in [0.1, 0.15) is 36.0 Å². The van der Waals surface area contributed by atoms with Crippen LogP contribution in [0.1, 0.15) is 98.2 Å². The van der Waals surface area contributed by atoms with Crippen molar-refractivity contribution < 1.29 is 51.4 Å². The number of thiophene rings is 1. The Morgan fingerprint density at radius 2 is 1.37 bits per heavy atom. The van der Waals surface area contributed by atoms with E-state index in [9.17, 15) is 33.6 Å². The standard InChI is InChI=1S/C61H73BF2N10O8S/c1-41(59(79)67-33-28-56(76)70-50(58(65)78)19-11-12-32-66-55(75)27-25-46-22-23-47-40-48-24-26-52(54-21-13-37-83-54)74(48)62(63,64)73(46)47)68-60(80)42(2)69-61(81)51(39-44-16-7-4-8-17-44)71-57(77)31-36-72-34-29-49(30-35-72)82-53-20-10-9-18-45(53)38-43-14-5-3-6-15-43/h3-10,13-18,20-24,26,37,40-42,49-51H,11-12,19,25,27-36,38-39H2,1-2H3,(H2,65,78)(H,66,75)(H,67,79)(H,68,80)(H,69,81)(H,70,76)(H,71,77)/t41-,42-,50-,51-/m0/s1. The molecule has 7 amide bonds. The van der Waals surface area contributed by atoms with E-state index >= 15 is 8.63 Å². The first kappa shape index (κ1) is 60.9. The number of fused-ring (bicyclic) bond motifs is 2. The number of amides is 7. The molecule has 3 aromatic carbocycles.